The predicted molar refractivity (Wildman–Crippen MR) is 104 cm³/mol. The van der Waals surface area contributed by atoms with Crippen LogP contribution in [0.25, 0.3) is 0 Å². The number of alkyl halides is 2. The number of aliphatic hydroxyl groups is 1. The third-order valence-corrected chi connectivity index (χ3v) is 6.38. The first-order valence-corrected chi connectivity index (χ1v) is 10.2. The molecule has 2 heterocycles. The van der Waals surface area contributed by atoms with Gasteiger partial charge >= 0.3 is 6.03 Å². The lowest BCUT2D eigenvalue weighted by molar-refractivity contribution is -0.141. The molecule has 1 unspecified atom stereocenters. The Hall–Kier alpha value is -1.73. The molecule has 1 atom stereocenters. The molecular weight excluding hydrogens is 364 g/mol. The van der Waals surface area contributed by atoms with Crippen molar-refractivity contribution in [2.45, 2.75) is 51.2 Å². The lowest BCUT2D eigenvalue weighted by Crippen LogP contribution is -2.56. The molecule has 0 aliphatic carbocycles. The van der Waals surface area contributed by atoms with Crippen LogP contribution in [0.2, 0.25) is 0 Å². The fourth-order valence-corrected chi connectivity index (χ4v) is 4.16. The fraction of sp³-hybridized carbons (Fsp3) is 0.667. The van der Waals surface area contributed by atoms with Crippen molar-refractivity contribution in [2.75, 3.05) is 32.7 Å². The summed E-state index contributed by atoms with van der Waals surface area (Å²) in [5.41, 5.74) is 1.31. The number of rotatable bonds is 5. The van der Waals surface area contributed by atoms with E-state index in [0.29, 0.717) is 6.54 Å². The number of aliphatic hydroxyl groups excluding tert-OH is 1. The molecule has 2 aliphatic rings. The number of nitrogens with one attached hydrogen (secondary N) is 1. The van der Waals surface area contributed by atoms with E-state index < -0.39 is 24.6 Å². The zero-order chi connectivity index (χ0) is 20.2. The molecule has 3 rings (SSSR count). The predicted octanol–water partition coefficient (Wildman–Crippen LogP) is 3.09. The highest BCUT2D eigenvalue weighted by Gasteiger charge is 2.45. The number of nitrogens with zero attached hydrogens (tertiary/aromatic N) is 2. The number of halogens is 2. The maximum absolute atomic E-state index is 13.7. The summed E-state index contributed by atoms with van der Waals surface area (Å²) in [6.07, 6.45) is 1.15. The average Bonchev–Trinajstić information content (AvgIpc) is 2.70. The van der Waals surface area contributed by atoms with Crippen LogP contribution in [-0.2, 0) is 6.54 Å². The zero-order valence-corrected chi connectivity index (χ0v) is 16.5. The molecule has 156 valence electrons. The molecule has 2 fully saturated rings. The highest BCUT2D eigenvalue weighted by Crippen LogP contribution is 2.35. The van der Waals surface area contributed by atoms with Crippen molar-refractivity contribution in [3.8, 4) is 0 Å². The maximum Gasteiger partial charge on any atom is 0.317 e. The monoisotopic (exact) mass is 395 g/mol. The number of benzene rings is 1. The van der Waals surface area contributed by atoms with Gasteiger partial charge in [0.2, 0.25) is 0 Å². The van der Waals surface area contributed by atoms with Crippen molar-refractivity contribution in [1.29, 1.82) is 0 Å². The Balaban J connectivity index is 1.48. The van der Waals surface area contributed by atoms with Crippen molar-refractivity contribution in [2.24, 2.45) is 5.41 Å². The zero-order valence-electron chi connectivity index (χ0n) is 16.5. The summed E-state index contributed by atoms with van der Waals surface area (Å²) in [6.45, 7) is 4.93. The van der Waals surface area contributed by atoms with Crippen LogP contribution in [0, 0.1) is 5.41 Å². The van der Waals surface area contributed by atoms with Crippen molar-refractivity contribution in [1.82, 2.24) is 15.1 Å². The molecule has 0 spiro atoms. The standard InChI is InChI=1S/C21H31F2N3O2/c1-2-20(9-12-25(13-10-20)14-17-6-4-3-5-7-17)15-24-19(28)26-11-8-18(27)21(22,23)16-26/h3-7,18,27H,2,8-16H2,1H3,(H,24,28). The molecule has 2 N–H and O–H groups in total. The van der Waals surface area contributed by atoms with Gasteiger partial charge in [-0.1, -0.05) is 37.3 Å². The van der Waals surface area contributed by atoms with Gasteiger partial charge in [-0.25, -0.2) is 13.6 Å². The topological polar surface area (TPSA) is 55.8 Å². The number of amides is 2. The van der Waals surface area contributed by atoms with Crippen molar-refractivity contribution in [3.05, 3.63) is 35.9 Å². The first kappa shape index (κ1) is 21.0. The minimum Gasteiger partial charge on any atom is -0.387 e. The van der Waals surface area contributed by atoms with Gasteiger partial charge in [-0.2, -0.15) is 0 Å². The Morgan fingerprint density at radius 3 is 2.50 bits per heavy atom. The number of hydrogen-bond donors (Lipinski definition) is 2. The van der Waals surface area contributed by atoms with Gasteiger partial charge in [-0.3, -0.25) is 4.90 Å². The second-order valence-corrected chi connectivity index (χ2v) is 8.26. The summed E-state index contributed by atoms with van der Waals surface area (Å²) >= 11 is 0. The number of carbonyl (C=O) groups excluding carboxylic acids is 1. The smallest absolute Gasteiger partial charge is 0.317 e. The lowest BCUT2D eigenvalue weighted by Gasteiger charge is -2.42. The first-order chi connectivity index (χ1) is 13.3. The normalized spacial score (nSPS) is 24.7. The summed E-state index contributed by atoms with van der Waals surface area (Å²) in [5, 5.41) is 12.3. The van der Waals surface area contributed by atoms with E-state index in [1.54, 1.807) is 0 Å². The van der Waals surface area contributed by atoms with Gasteiger partial charge in [-0.05, 0) is 49.8 Å². The summed E-state index contributed by atoms with van der Waals surface area (Å²) in [4.78, 5) is 15.9. The summed E-state index contributed by atoms with van der Waals surface area (Å²) in [6, 6.07) is 9.93. The molecular formula is C21H31F2N3O2. The second kappa shape index (κ2) is 8.74. The van der Waals surface area contributed by atoms with E-state index in [4.69, 9.17) is 0 Å². The third-order valence-electron chi connectivity index (χ3n) is 6.38. The highest BCUT2D eigenvalue weighted by atomic mass is 19.3. The Morgan fingerprint density at radius 1 is 1.21 bits per heavy atom. The lowest BCUT2D eigenvalue weighted by atomic mass is 9.76. The second-order valence-electron chi connectivity index (χ2n) is 8.26. The molecule has 0 radical (unpaired) electrons. The van der Waals surface area contributed by atoms with Gasteiger partial charge in [0.25, 0.3) is 5.92 Å². The Labute approximate surface area is 165 Å². The SMILES string of the molecule is CCC1(CNC(=O)N2CCC(O)C(F)(F)C2)CCN(Cc2ccccc2)CC1. The van der Waals surface area contributed by atoms with Crippen LogP contribution in [0.1, 0.15) is 38.2 Å². The van der Waals surface area contributed by atoms with Crippen LogP contribution in [0.5, 0.6) is 0 Å². The van der Waals surface area contributed by atoms with Crippen molar-refractivity contribution >= 4 is 6.03 Å². The number of urea groups is 1. The summed E-state index contributed by atoms with van der Waals surface area (Å²) < 4.78 is 27.4. The Kier molecular flexibility index (Phi) is 6.55. The molecule has 1 aromatic carbocycles. The van der Waals surface area contributed by atoms with Crippen LogP contribution < -0.4 is 5.32 Å². The van der Waals surface area contributed by atoms with Crippen molar-refractivity contribution < 1.29 is 18.7 Å². The number of likely N-dealkylation sites (tertiary alicyclic amines) is 2. The van der Waals surface area contributed by atoms with Gasteiger partial charge in [0.05, 0.1) is 6.54 Å². The molecule has 2 aliphatic heterocycles. The first-order valence-electron chi connectivity index (χ1n) is 10.2. The van der Waals surface area contributed by atoms with Crippen LogP contribution in [0.3, 0.4) is 0 Å². The molecule has 0 bridgehead atoms. The molecule has 0 saturated carbocycles. The van der Waals surface area contributed by atoms with E-state index in [1.807, 2.05) is 18.2 Å². The third kappa shape index (κ3) is 5.00. The number of hydrogen-bond acceptors (Lipinski definition) is 3. The minimum absolute atomic E-state index is 0.0145. The van der Waals surface area contributed by atoms with Gasteiger partial charge in [0, 0.05) is 19.6 Å². The van der Waals surface area contributed by atoms with E-state index in [1.165, 1.54) is 5.56 Å². The van der Waals surface area contributed by atoms with E-state index in [2.05, 4.69) is 29.3 Å². The largest absolute Gasteiger partial charge is 0.387 e. The van der Waals surface area contributed by atoms with Gasteiger partial charge < -0.3 is 15.3 Å². The van der Waals surface area contributed by atoms with Crippen LogP contribution in [0.4, 0.5) is 13.6 Å². The molecule has 2 saturated heterocycles. The molecule has 2 amide bonds. The molecule has 0 aromatic heterocycles. The van der Waals surface area contributed by atoms with Gasteiger partial charge in [0.15, 0.2) is 0 Å². The van der Waals surface area contributed by atoms with Gasteiger partial charge in [-0.15, -0.1) is 0 Å². The Morgan fingerprint density at radius 2 is 1.89 bits per heavy atom. The summed E-state index contributed by atoms with van der Waals surface area (Å²) in [7, 11) is 0. The van der Waals surface area contributed by atoms with Gasteiger partial charge in [0.1, 0.15) is 6.10 Å². The molecule has 7 heteroatoms. The molecule has 5 nitrogen and oxygen atoms in total. The Bertz CT molecular complexity index is 648. The van der Waals surface area contributed by atoms with E-state index in [-0.39, 0.29) is 18.4 Å². The minimum atomic E-state index is -3.24. The quantitative estimate of drug-likeness (QED) is 0.806. The number of piperidine rings is 2. The van der Waals surface area contributed by atoms with Crippen LogP contribution >= 0.6 is 0 Å². The van der Waals surface area contributed by atoms with E-state index >= 15 is 0 Å². The maximum atomic E-state index is 13.7. The highest BCUT2D eigenvalue weighted by molar-refractivity contribution is 5.74. The van der Waals surface area contributed by atoms with Crippen LogP contribution in [0.15, 0.2) is 30.3 Å². The van der Waals surface area contributed by atoms with Crippen LogP contribution in [-0.4, -0.2) is 65.7 Å². The van der Waals surface area contributed by atoms with Crippen molar-refractivity contribution in [3.63, 3.8) is 0 Å². The average molecular weight is 395 g/mol. The molecule has 28 heavy (non-hydrogen) atoms. The summed E-state index contributed by atoms with van der Waals surface area (Å²) in [5.74, 6) is -3.24. The fourth-order valence-electron chi connectivity index (χ4n) is 4.16. The molecule has 1 aromatic rings. The van der Waals surface area contributed by atoms with E-state index in [9.17, 15) is 18.7 Å². The number of carbonyl (C=O) groups is 1. The van der Waals surface area contributed by atoms with E-state index in [0.717, 1.165) is 43.8 Å².